The van der Waals surface area contributed by atoms with Crippen LogP contribution in [0.5, 0.6) is 0 Å². The largest absolute Gasteiger partial charge is 0.394 e. The van der Waals surface area contributed by atoms with E-state index in [0.29, 0.717) is 22.3 Å². The average Bonchev–Trinajstić information content (AvgIpc) is 2.73. The van der Waals surface area contributed by atoms with Gasteiger partial charge in [0.2, 0.25) is 5.95 Å². The van der Waals surface area contributed by atoms with Gasteiger partial charge in [0.1, 0.15) is 5.82 Å². The van der Waals surface area contributed by atoms with Crippen molar-refractivity contribution in [2.45, 2.75) is 31.2 Å². The van der Waals surface area contributed by atoms with E-state index in [1.807, 2.05) is 19.1 Å². The molecule has 3 rings (SSSR count). The molecule has 0 aliphatic heterocycles. The van der Waals surface area contributed by atoms with E-state index in [0.717, 1.165) is 17.5 Å². The summed E-state index contributed by atoms with van der Waals surface area (Å²) >= 11 is 0. The molecular formula is C22H27N5O2S. The number of rotatable bonds is 8. The molecule has 5 N–H and O–H groups in total. The molecule has 2 atom stereocenters. The Morgan fingerprint density at radius 3 is 2.60 bits per heavy atom. The van der Waals surface area contributed by atoms with Crippen molar-refractivity contribution in [1.82, 2.24) is 9.97 Å². The number of benzene rings is 2. The molecule has 0 fully saturated rings. The molecule has 7 nitrogen and oxygen atoms in total. The van der Waals surface area contributed by atoms with E-state index in [9.17, 15) is 9.32 Å². The second-order valence-electron chi connectivity index (χ2n) is 7.11. The van der Waals surface area contributed by atoms with Crippen LogP contribution in [0.15, 0.2) is 59.6 Å². The Morgan fingerprint density at radius 1 is 1.23 bits per heavy atom. The van der Waals surface area contributed by atoms with Gasteiger partial charge in [0.25, 0.3) is 0 Å². The number of aliphatic hydroxyl groups excluding tert-OH is 1. The highest BCUT2D eigenvalue weighted by Gasteiger charge is 2.13. The first kappa shape index (κ1) is 21.8. The van der Waals surface area contributed by atoms with Crippen LogP contribution in [-0.4, -0.2) is 37.8 Å². The molecule has 0 spiro atoms. The summed E-state index contributed by atoms with van der Waals surface area (Å²) in [5.74, 6) is 4.48. The van der Waals surface area contributed by atoms with Crippen molar-refractivity contribution < 1.29 is 9.32 Å². The second kappa shape index (κ2) is 9.25. The van der Waals surface area contributed by atoms with E-state index in [2.05, 4.69) is 45.5 Å². The second-order valence-corrected chi connectivity index (χ2v) is 9.04. The summed E-state index contributed by atoms with van der Waals surface area (Å²) in [5, 5.41) is 21.5. The van der Waals surface area contributed by atoms with Crippen molar-refractivity contribution in [3.63, 3.8) is 0 Å². The molecule has 0 radical (unpaired) electrons. The van der Waals surface area contributed by atoms with E-state index in [-0.39, 0.29) is 12.6 Å². The fraction of sp³-hybridized carbons (Fsp3) is 0.227. The zero-order valence-electron chi connectivity index (χ0n) is 17.1. The van der Waals surface area contributed by atoms with E-state index in [1.54, 1.807) is 30.5 Å². The highest BCUT2D eigenvalue weighted by atomic mass is 32.2. The lowest BCUT2D eigenvalue weighted by atomic mass is 10.0. The van der Waals surface area contributed by atoms with Gasteiger partial charge >= 0.3 is 0 Å². The molecular weight excluding hydrogens is 398 g/mol. The predicted octanol–water partition coefficient (Wildman–Crippen LogP) is 3.19. The van der Waals surface area contributed by atoms with Crippen LogP contribution in [0, 0.1) is 0 Å². The summed E-state index contributed by atoms with van der Waals surface area (Å²) in [7, 11) is -2.81. The summed E-state index contributed by atoms with van der Waals surface area (Å²) in [5.41, 5.74) is 3.71. The smallest absolute Gasteiger partial charge is 0.229 e. The Labute approximate surface area is 177 Å². The van der Waals surface area contributed by atoms with Gasteiger partial charge in [0.15, 0.2) is 0 Å². The lowest BCUT2D eigenvalue weighted by Crippen LogP contribution is -2.21. The van der Waals surface area contributed by atoms with Gasteiger partial charge in [-0.1, -0.05) is 37.3 Å². The molecule has 0 aliphatic carbocycles. The first-order valence-electron chi connectivity index (χ1n) is 9.66. The van der Waals surface area contributed by atoms with Gasteiger partial charge in [-0.15, -0.1) is 0 Å². The first-order valence-corrected chi connectivity index (χ1v) is 11.4. The Hall–Kier alpha value is -2.94. The van der Waals surface area contributed by atoms with Gasteiger partial charge in [-0.05, 0) is 48.5 Å². The van der Waals surface area contributed by atoms with Crippen LogP contribution in [0.2, 0.25) is 0 Å². The topological polar surface area (TPSA) is 113 Å². The quantitative estimate of drug-likeness (QED) is 0.412. The average molecular weight is 426 g/mol. The lowest BCUT2D eigenvalue weighted by Gasteiger charge is -2.17. The van der Waals surface area contributed by atoms with Gasteiger partial charge in [0, 0.05) is 28.4 Å². The van der Waals surface area contributed by atoms with Crippen molar-refractivity contribution in [1.29, 1.82) is 0 Å². The van der Waals surface area contributed by atoms with Crippen LogP contribution in [0.4, 0.5) is 17.5 Å². The molecule has 1 aromatic heterocycles. The molecule has 0 amide bonds. The highest BCUT2D eigenvalue weighted by molar-refractivity contribution is 7.98. The zero-order chi connectivity index (χ0) is 21.7. The summed E-state index contributed by atoms with van der Waals surface area (Å²) in [4.78, 5) is 9.48. The van der Waals surface area contributed by atoms with Crippen molar-refractivity contribution in [3.05, 3.63) is 60.3 Å². The summed E-state index contributed by atoms with van der Waals surface area (Å²) in [6, 6.07) is 14.9. The number of hydrogen-bond acceptors (Lipinski definition) is 6. The zero-order valence-corrected chi connectivity index (χ0v) is 17.9. The van der Waals surface area contributed by atoms with Gasteiger partial charge in [-0.2, -0.15) is 4.98 Å². The minimum Gasteiger partial charge on any atom is -0.394 e. The van der Waals surface area contributed by atoms with Gasteiger partial charge < -0.3 is 15.7 Å². The van der Waals surface area contributed by atoms with Crippen LogP contribution in [0.3, 0.4) is 0 Å². The van der Waals surface area contributed by atoms with Gasteiger partial charge in [-0.3, -0.25) is 5.14 Å². The Kier molecular flexibility index (Phi) is 6.71. The number of anilines is 3. The molecule has 30 heavy (non-hydrogen) atoms. The molecule has 8 heteroatoms. The van der Waals surface area contributed by atoms with E-state index in [4.69, 9.17) is 5.14 Å². The Bertz CT molecular complexity index is 1110. The third kappa shape index (κ3) is 5.35. The standard InChI is InChI=1S/C22H27N5O2S/c1-4-16-8-10-17(11-9-16)20-13-24-22(27-21(20)25-15(2)14-28)26-18-6-5-7-19(12-18)30(3,23)29/h5-13,15,28H,3-4,14H2,1-2H3,(H2,23,29)(H2,24,25,26,27)/t15-,30?/m1/s1. The van der Waals surface area contributed by atoms with Gasteiger partial charge in [-0.25, -0.2) is 9.19 Å². The summed E-state index contributed by atoms with van der Waals surface area (Å²) in [6.45, 7) is 3.95. The molecule has 1 unspecified atom stereocenters. The highest BCUT2D eigenvalue weighted by Crippen LogP contribution is 2.28. The van der Waals surface area contributed by atoms with Crippen molar-refractivity contribution in [2.75, 3.05) is 17.2 Å². The van der Waals surface area contributed by atoms with Crippen LogP contribution >= 0.6 is 0 Å². The number of nitrogens with two attached hydrogens (primary N) is 1. The third-order valence-corrected chi connectivity index (χ3v) is 5.66. The fourth-order valence-electron chi connectivity index (χ4n) is 2.88. The van der Waals surface area contributed by atoms with E-state index < -0.39 is 9.71 Å². The molecule has 0 saturated carbocycles. The maximum atomic E-state index is 12.0. The maximum Gasteiger partial charge on any atom is 0.229 e. The molecule has 158 valence electrons. The maximum absolute atomic E-state index is 12.0. The van der Waals surface area contributed by atoms with Crippen LogP contribution < -0.4 is 15.8 Å². The van der Waals surface area contributed by atoms with Crippen molar-refractivity contribution >= 4 is 33.0 Å². The summed E-state index contributed by atoms with van der Waals surface area (Å²) < 4.78 is 12.0. The van der Waals surface area contributed by atoms with Crippen molar-refractivity contribution in [2.24, 2.45) is 5.14 Å². The molecule has 1 heterocycles. The van der Waals surface area contributed by atoms with Crippen LogP contribution in [-0.2, 0) is 16.1 Å². The number of aliphatic hydroxyl groups is 1. The lowest BCUT2D eigenvalue weighted by molar-refractivity contribution is 0.281. The summed E-state index contributed by atoms with van der Waals surface area (Å²) in [6.07, 6.45) is 2.70. The Balaban J connectivity index is 1.96. The van der Waals surface area contributed by atoms with E-state index in [1.165, 1.54) is 5.56 Å². The first-order chi connectivity index (χ1) is 14.3. The van der Waals surface area contributed by atoms with Crippen LogP contribution in [0.25, 0.3) is 11.1 Å². The minimum absolute atomic E-state index is 0.0304. The molecule has 0 saturated heterocycles. The fourth-order valence-corrected chi connectivity index (χ4v) is 3.52. The molecule has 3 aromatic rings. The third-order valence-electron chi connectivity index (χ3n) is 4.61. The predicted molar refractivity (Wildman–Crippen MR) is 124 cm³/mol. The van der Waals surface area contributed by atoms with Crippen LogP contribution in [0.1, 0.15) is 19.4 Å². The SMILES string of the molecule is C=S(N)(=O)c1cccc(Nc2ncc(-c3ccc(CC)cc3)c(N[C@H](C)CO)n2)c1. The number of nitrogens with zero attached hydrogens (tertiary/aromatic N) is 2. The normalized spacial score (nSPS) is 14.0. The van der Waals surface area contributed by atoms with Gasteiger partial charge in [0.05, 0.1) is 16.3 Å². The Morgan fingerprint density at radius 2 is 1.97 bits per heavy atom. The number of nitrogens with one attached hydrogen (secondary N) is 2. The minimum atomic E-state index is -2.81. The molecule has 0 bridgehead atoms. The van der Waals surface area contributed by atoms with E-state index >= 15 is 0 Å². The number of aryl methyl sites for hydroxylation is 1. The van der Waals surface area contributed by atoms with Crippen molar-refractivity contribution in [3.8, 4) is 11.1 Å². The molecule has 0 aliphatic rings. The monoisotopic (exact) mass is 425 g/mol. The number of hydrogen-bond donors (Lipinski definition) is 4. The number of aromatic nitrogens is 2. The molecule has 2 aromatic carbocycles.